The molecule has 0 saturated heterocycles. The summed E-state index contributed by atoms with van der Waals surface area (Å²) >= 11 is 0. The topological polar surface area (TPSA) is 49.3 Å². The van der Waals surface area contributed by atoms with Gasteiger partial charge in [-0.25, -0.2) is 0 Å². The van der Waals surface area contributed by atoms with E-state index in [2.05, 4.69) is 12.2 Å². The predicted octanol–water partition coefficient (Wildman–Crippen LogP) is 2.30. The molecule has 2 unspecified atom stereocenters. The minimum absolute atomic E-state index is 0.0609. The molecule has 3 nitrogen and oxygen atoms in total. The van der Waals surface area contributed by atoms with Gasteiger partial charge >= 0.3 is 0 Å². The van der Waals surface area contributed by atoms with Gasteiger partial charge in [0.1, 0.15) is 5.75 Å². The van der Waals surface area contributed by atoms with E-state index < -0.39 is 0 Å². The number of hydrogen-bond donors (Lipinski definition) is 2. The van der Waals surface area contributed by atoms with E-state index in [9.17, 15) is 9.90 Å². The number of carbonyl (C=O) groups is 1. The fraction of sp³-hybridized carbons (Fsp3) is 0.417. The minimum atomic E-state index is 0.0609. The Morgan fingerprint density at radius 2 is 2.20 bits per heavy atom. The van der Waals surface area contributed by atoms with Crippen LogP contribution in [0.2, 0.25) is 0 Å². The fourth-order valence-electron chi connectivity index (χ4n) is 1.61. The van der Waals surface area contributed by atoms with Crippen LogP contribution in [0, 0.1) is 18.8 Å². The lowest BCUT2D eigenvalue weighted by atomic mass is 10.2. The van der Waals surface area contributed by atoms with Crippen LogP contribution >= 0.6 is 0 Å². The normalized spacial score (nSPS) is 23.6. The average molecular weight is 205 g/mol. The Balaban J connectivity index is 2.04. The fourth-order valence-corrected chi connectivity index (χ4v) is 1.61. The van der Waals surface area contributed by atoms with Gasteiger partial charge in [0.05, 0.1) is 0 Å². The van der Waals surface area contributed by atoms with Crippen molar-refractivity contribution in [2.45, 2.75) is 20.3 Å². The number of benzene rings is 1. The van der Waals surface area contributed by atoms with Crippen molar-refractivity contribution < 1.29 is 9.90 Å². The Labute approximate surface area is 89.1 Å². The van der Waals surface area contributed by atoms with Gasteiger partial charge in [-0.05, 0) is 30.9 Å². The van der Waals surface area contributed by atoms with Crippen LogP contribution in [-0.2, 0) is 4.79 Å². The van der Waals surface area contributed by atoms with E-state index in [1.165, 1.54) is 0 Å². The third-order valence-corrected chi connectivity index (χ3v) is 2.92. The molecule has 2 atom stereocenters. The van der Waals surface area contributed by atoms with Crippen molar-refractivity contribution in [3.05, 3.63) is 23.8 Å². The monoisotopic (exact) mass is 205 g/mol. The summed E-state index contributed by atoms with van der Waals surface area (Å²) in [5, 5.41) is 12.3. The molecular weight excluding hydrogens is 190 g/mol. The molecule has 15 heavy (non-hydrogen) atoms. The number of amides is 1. The van der Waals surface area contributed by atoms with Crippen LogP contribution in [0.15, 0.2) is 18.2 Å². The van der Waals surface area contributed by atoms with Crippen molar-refractivity contribution >= 4 is 11.6 Å². The number of aryl methyl sites for hydroxylation is 1. The maximum Gasteiger partial charge on any atom is 0.227 e. The molecule has 1 aromatic carbocycles. The number of nitrogens with one attached hydrogen (secondary N) is 1. The Bertz CT molecular complexity index is 401. The zero-order valence-corrected chi connectivity index (χ0v) is 8.95. The SMILES string of the molecule is Cc1ccc(NC(=O)C2CC2C)cc1O. The summed E-state index contributed by atoms with van der Waals surface area (Å²) in [6.45, 7) is 3.89. The second-order valence-electron chi connectivity index (χ2n) is 4.31. The van der Waals surface area contributed by atoms with Crippen LogP contribution in [0.25, 0.3) is 0 Å². The van der Waals surface area contributed by atoms with Crippen molar-refractivity contribution in [3.63, 3.8) is 0 Å². The highest BCUT2D eigenvalue weighted by Gasteiger charge is 2.39. The highest BCUT2D eigenvalue weighted by Crippen LogP contribution is 2.38. The molecule has 2 rings (SSSR count). The molecule has 1 fully saturated rings. The number of aromatic hydroxyl groups is 1. The first-order chi connectivity index (χ1) is 7.08. The molecule has 1 aliphatic rings. The highest BCUT2D eigenvalue weighted by molar-refractivity contribution is 5.94. The average Bonchev–Trinajstić information content (AvgIpc) is 2.89. The van der Waals surface area contributed by atoms with Gasteiger partial charge in [-0.15, -0.1) is 0 Å². The van der Waals surface area contributed by atoms with E-state index in [0.29, 0.717) is 11.6 Å². The van der Waals surface area contributed by atoms with Gasteiger partial charge < -0.3 is 10.4 Å². The zero-order valence-electron chi connectivity index (χ0n) is 8.95. The lowest BCUT2D eigenvalue weighted by Crippen LogP contribution is -2.14. The van der Waals surface area contributed by atoms with Crippen LogP contribution in [-0.4, -0.2) is 11.0 Å². The smallest absolute Gasteiger partial charge is 0.227 e. The van der Waals surface area contributed by atoms with Crippen LogP contribution < -0.4 is 5.32 Å². The maximum atomic E-state index is 11.6. The summed E-state index contributed by atoms with van der Waals surface area (Å²) in [5.74, 6) is 0.944. The first-order valence-corrected chi connectivity index (χ1v) is 5.18. The molecule has 1 saturated carbocycles. The third kappa shape index (κ3) is 2.12. The molecule has 80 valence electrons. The summed E-state index contributed by atoms with van der Waals surface area (Å²) < 4.78 is 0. The summed E-state index contributed by atoms with van der Waals surface area (Å²) in [6.07, 6.45) is 0.976. The van der Waals surface area contributed by atoms with Crippen LogP contribution in [0.4, 0.5) is 5.69 Å². The number of hydrogen-bond acceptors (Lipinski definition) is 2. The molecule has 3 heteroatoms. The first-order valence-electron chi connectivity index (χ1n) is 5.18. The molecule has 0 spiro atoms. The summed E-state index contributed by atoms with van der Waals surface area (Å²) in [7, 11) is 0. The van der Waals surface area contributed by atoms with E-state index in [1.807, 2.05) is 6.92 Å². The quantitative estimate of drug-likeness (QED) is 0.778. The van der Waals surface area contributed by atoms with Gasteiger partial charge in [-0.2, -0.15) is 0 Å². The third-order valence-electron chi connectivity index (χ3n) is 2.92. The largest absolute Gasteiger partial charge is 0.508 e. The molecule has 0 bridgehead atoms. The minimum Gasteiger partial charge on any atom is -0.508 e. The Kier molecular flexibility index (Phi) is 2.39. The van der Waals surface area contributed by atoms with Crippen LogP contribution in [0.5, 0.6) is 5.75 Å². The number of rotatable bonds is 2. The maximum absolute atomic E-state index is 11.6. The predicted molar refractivity (Wildman–Crippen MR) is 58.7 cm³/mol. The molecule has 0 aliphatic heterocycles. The van der Waals surface area contributed by atoms with E-state index in [0.717, 1.165) is 12.0 Å². The van der Waals surface area contributed by atoms with Crippen LogP contribution in [0.1, 0.15) is 18.9 Å². The first kappa shape index (κ1) is 10.0. The van der Waals surface area contributed by atoms with Gasteiger partial charge in [0, 0.05) is 17.7 Å². The van der Waals surface area contributed by atoms with Crippen molar-refractivity contribution in [3.8, 4) is 5.75 Å². The van der Waals surface area contributed by atoms with E-state index in [4.69, 9.17) is 0 Å². The lowest BCUT2D eigenvalue weighted by molar-refractivity contribution is -0.117. The second kappa shape index (κ2) is 3.57. The van der Waals surface area contributed by atoms with Crippen molar-refractivity contribution in [1.82, 2.24) is 0 Å². The Morgan fingerprint density at radius 3 is 2.73 bits per heavy atom. The summed E-state index contributed by atoms with van der Waals surface area (Å²) in [4.78, 5) is 11.6. The number of anilines is 1. The molecule has 0 heterocycles. The summed E-state index contributed by atoms with van der Waals surface area (Å²) in [5.41, 5.74) is 1.48. The molecule has 1 aliphatic carbocycles. The van der Waals surface area contributed by atoms with Crippen molar-refractivity contribution in [2.24, 2.45) is 11.8 Å². The van der Waals surface area contributed by atoms with E-state index >= 15 is 0 Å². The molecule has 0 aromatic heterocycles. The number of phenolic OH excluding ortho intramolecular Hbond substituents is 1. The van der Waals surface area contributed by atoms with Crippen molar-refractivity contribution in [2.75, 3.05) is 5.32 Å². The molecule has 1 amide bonds. The van der Waals surface area contributed by atoms with Gasteiger partial charge in [0.2, 0.25) is 5.91 Å². The van der Waals surface area contributed by atoms with Gasteiger partial charge in [-0.3, -0.25) is 4.79 Å². The zero-order chi connectivity index (χ0) is 11.0. The molecular formula is C12H15NO2. The number of carbonyl (C=O) groups excluding carboxylic acids is 1. The second-order valence-corrected chi connectivity index (χ2v) is 4.31. The van der Waals surface area contributed by atoms with Gasteiger partial charge in [0.15, 0.2) is 0 Å². The standard InChI is InChI=1S/C12H15NO2/c1-7-3-4-9(6-11(7)14)13-12(15)10-5-8(10)2/h3-4,6,8,10,14H,5H2,1-2H3,(H,13,15). The summed E-state index contributed by atoms with van der Waals surface area (Å²) in [6, 6.07) is 5.18. The number of phenols is 1. The molecule has 0 radical (unpaired) electrons. The highest BCUT2D eigenvalue weighted by atomic mass is 16.3. The van der Waals surface area contributed by atoms with E-state index in [1.54, 1.807) is 18.2 Å². The Morgan fingerprint density at radius 1 is 1.53 bits per heavy atom. The van der Waals surface area contributed by atoms with Crippen molar-refractivity contribution in [1.29, 1.82) is 0 Å². The van der Waals surface area contributed by atoms with Gasteiger partial charge in [0.25, 0.3) is 0 Å². The molecule has 1 aromatic rings. The lowest BCUT2D eigenvalue weighted by Gasteiger charge is -2.06. The van der Waals surface area contributed by atoms with Crippen LogP contribution in [0.3, 0.4) is 0 Å². The molecule has 2 N–H and O–H groups in total. The Hall–Kier alpha value is -1.51. The van der Waals surface area contributed by atoms with Gasteiger partial charge in [-0.1, -0.05) is 13.0 Å². The van der Waals surface area contributed by atoms with E-state index in [-0.39, 0.29) is 17.6 Å².